The molecular weight excluding hydrogens is 827 g/mol. The molecule has 2 aromatic heterocycles. The highest BCUT2D eigenvalue weighted by molar-refractivity contribution is 5.96. The maximum Gasteiger partial charge on any atom is 0.324 e. The number of hydrazine groups is 1. The summed E-state index contributed by atoms with van der Waals surface area (Å²) in [6.45, 7) is 14.4. The molecule has 0 radical (unpaired) electrons. The number of benzene rings is 2. The topological polar surface area (TPSA) is 176 Å². The number of hydrogen-bond acceptors (Lipinski definition) is 10. The Kier molecular flexibility index (Phi) is 13.9. The standard InChI is InChI=1S/C50H65N7O8/c1-10-56-41-19-18-35-26-37(41)38(44(56)36-16-12-21-51-42(36)31(4)64-9)27-49(6,7)29-65-47(61)39-17-13-22-57(53-39)46(60)40(25-33-14-11-15-34(35)24-33)52-45(59)43(30(2)3)54(8)48(62)50(63)20-23-55(28-50)32(5)58/h11-12,14-16,18-19,21,24,26,30-31,39-40,43,53,63H,10,13,17,20,22-23,25,27-29H2,1-9H3,(H,52,59)/t31-,39-,40-,43-,50?/m0/s1. The second-order valence-electron chi connectivity index (χ2n) is 19.2. The molecular formula is C50H65N7O8. The highest BCUT2D eigenvalue weighted by atomic mass is 16.5. The van der Waals surface area contributed by atoms with E-state index in [0.717, 1.165) is 50.1 Å². The van der Waals surface area contributed by atoms with Gasteiger partial charge in [0, 0.05) is 81.6 Å². The van der Waals surface area contributed by atoms with E-state index in [1.54, 1.807) is 27.2 Å². The van der Waals surface area contributed by atoms with E-state index in [2.05, 4.69) is 60.3 Å². The fourth-order valence-corrected chi connectivity index (χ4v) is 9.86. The van der Waals surface area contributed by atoms with Crippen LogP contribution in [0.2, 0.25) is 0 Å². The number of carbonyl (C=O) groups is 5. The van der Waals surface area contributed by atoms with Crippen molar-refractivity contribution in [2.75, 3.05) is 40.4 Å². The summed E-state index contributed by atoms with van der Waals surface area (Å²) in [6.07, 6.45) is 3.22. The Bertz CT molecular complexity index is 2460. The number of likely N-dealkylation sites (tertiary alicyclic amines) is 1. The van der Waals surface area contributed by atoms with E-state index in [0.29, 0.717) is 32.4 Å². The summed E-state index contributed by atoms with van der Waals surface area (Å²) < 4.78 is 14.2. The van der Waals surface area contributed by atoms with Crippen LogP contribution in [0.1, 0.15) is 90.7 Å². The SMILES string of the molecule is CCn1c(-c2cccnc2[C@H](C)OC)c2c3cc(ccc31)-c1cccc(c1)C[C@H](NC(=O)[C@H](C(C)C)N(C)C(=O)C1(O)CCN(C(C)=O)C1)C(=O)N1CCC[C@H](N1)C(=O)OCC(C)(C)C2. The quantitative estimate of drug-likeness (QED) is 0.189. The van der Waals surface area contributed by atoms with Gasteiger partial charge in [-0.05, 0) is 85.5 Å². The first-order valence-corrected chi connectivity index (χ1v) is 22.9. The number of β-amino-alcohol motifs (C(OH)–C–C–N with tert-alkyl or cyclic N) is 1. The van der Waals surface area contributed by atoms with E-state index in [1.807, 2.05) is 37.3 Å². The third kappa shape index (κ3) is 9.68. The van der Waals surface area contributed by atoms with E-state index >= 15 is 0 Å². The largest absolute Gasteiger partial charge is 0.464 e. The summed E-state index contributed by atoms with van der Waals surface area (Å²) in [5.74, 6) is -2.83. The van der Waals surface area contributed by atoms with E-state index in [1.165, 1.54) is 28.8 Å². The zero-order chi connectivity index (χ0) is 47.0. The minimum Gasteiger partial charge on any atom is -0.464 e. The van der Waals surface area contributed by atoms with Crippen molar-refractivity contribution >= 4 is 40.5 Å². The number of carbonyl (C=O) groups excluding carboxylic acids is 5. The normalized spacial score (nSPS) is 22.3. The zero-order valence-corrected chi connectivity index (χ0v) is 39.3. The minimum atomic E-state index is -1.85. The number of hydrogen-bond donors (Lipinski definition) is 3. The van der Waals surface area contributed by atoms with Gasteiger partial charge in [0.25, 0.3) is 11.8 Å². The molecule has 6 bridgehead atoms. The summed E-state index contributed by atoms with van der Waals surface area (Å²) in [5, 5.41) is 16.9. The van der Waals surface area contributed by atoms with Gasteiger partial charge in [-0.15, -0.1) is 0 Å². The van der Waals surface area contributed by atoms with Crippen LogP contribution in [0.4, 0.5) is 0 Å². The first-order valence-electron chi connectivity index (χ1n) is 22.9. The highest BCUT2D eigenvalue weighted by Gasteiger charge is 2.48. The van der Waals surface area contributed by atoms with Crippen LogP contribution < -0.4 is 10.7 Å². The van der Waals surface area contributed by atoms with Crippen LogP contribution in [-0.2, 0) is 52.8 Å². The Morgan fingerprint density at radius 1 is 1.06 bits per heavy atom. The number of cyclic esters (lactones) is 1. The highest BCUT2D eigenvalue weighted by Crippen LogP contribution is 2.42. The van der Waals surface area contributed by atoms with Gasteiger partial charge in [-0.1, -0.05) is 58.0 Å². The molecule has 0 spiro atoms. The lowest BCUT2D eigenvalue weighted by Crippen LogP contribution is -2.63. The number of aryl methyl sites for hydroxylation is 1. The van der Waals surface area contributed by atoms with Crippen molar-refractivity contribution in [3.05, 3.63) is 77.6 Å². The summed E-state index contributed by atoms with van der Waals surface area (Å²) in [7, 11) is 3.15. The molecule has 348 valence electrons. The van der Waals surface area contributed by atoms with Crippen molar-refractivity contribution < 1.29 is 38.6 Å². The van der Waals surface area contributed by atoms with Gasteiger partial charge >= 0.3 is 5.97 Å². The number of esters is 1. The van der Waals surface area contributed by atoms with Gasteiger partial charge in [-0.25, -0.2) is 5.43 Å². The van der Waals surface area contributed by atoms with Crippen molar-refractivity contribution in [1.29, 1.82) is 0 Å². The molecule has 4 aromatic rings. The van der Waals surface area contributed by atoms with Crippen molar-refractivity contribution in [2.45, 2.75) is 117 Å². The molecule has 1 unspecified atom stereocenters. The molecule has 5 atom stereocenters. The van der Waals surface area contributed by atoms with Gasteiger partial charge in [-0.2, -0.15) is 0 Å². The molecule has 2 saturated heterocycles. The molecule has 0 aliphatic carbocycles. The lowest BCUT2D eigenvalue weighted by atomic mass is 9.84. The van der Waals surface area contributed by atoms with Gasteiger partial charge in [0.15, 0.2) is 5.60 Å². The number of aliphatic hydroxyl groups is 1. The van der Waals surface area contributed by atoms with Crippen molar-refractivity contribution in [3.63, 3.8) is 0 Å². The van der Waals surface area contributed by atoms with E-state index in [-0.39, 0.29) is 44.5 Å². The number of nitrogens with zero attached hydrogens (tertiary/aromatic N) is 5. The number of methoxy groups -OCH3 is 1. The average molecular weight is 892 g/mol. The third-order valence-electron chi connectivity index (χ3n) is 13.4. The fraction of sp³-hybridized carbons (Fsp3) is 0.520. The van der Waals surface area contributed by atoms with E-state index in [4.69, 9.17) is 14.5 Å². The second-order valence-corrected chi connectivity index (χ2v) is 19.2. The molecule has 5 heterocycles. The Morgan fingerprint density at radius 2 is 1.82 bits per heavy atom. The second kappa shape index (κ2) is 19.1. The summed E-state index contributed by atoms with van der Waals surface area (Å²) in [6, 6.07) is 15.5. The van der Waals surface area contributed by atoms with Gasteiger partial charge in [0.05, 0.1) is 30.6 Å². The van der Waals surface area contributed by atoms with Crippen LogP contribution in [0, 0.1) is 11.3 Å². The minimum absolute atomic E-state index is 0.0420. The monoisotopic (exact) mass is 891 g/mol. The number of aromatic nitrogens is 2. The third-order valence-corrected chi connectivity index (χ3v) is 13.4. The maximum atomic E-state index is 14.7. The smallest absolute Gasteiger partial charge is 0.324 e. The van der Waals surface area contributed by atoms with Crippen LogP contribution in [0.5, 0.6) is 0 Å². The number of nitrogens with one attached hydrogen (secondary N) is 2. The predicted molar refractivity (Wildman–Crippen MR) is 247 cm³/mol. The molecule has 3 aliphatic heterocycles. The Hall–Kier alpha value is -5.64. The van der Waals surface area contributed by atoms with E-state index < -0.39 is 58.8 Å². The lowest BCUT2D eigenvalue weighted by molar-refractivity contribution is -0.156. The molecule has 7 rings (SSSR count). The van der Waals surface area contributed by atoms with Crippen molar-refractivity contribution in [1.82, 2.24) is 35.1 Å². The molecule has 3 N–H and O–H groups in total. The number of likely N-dealkylation sites (N-methyl/N-ethyl adjacent to an activating group) is 1. The van der Waals surface area contributed by atoms with Crippen LogP contribution in [-0.4, -0.2) is 123 Å². The van der Waals surface area contributed by atoms with Crippen LogP contribution >= 0.6 is 0 Å². The molecule has 3 aliphatic rings. The lowest BCUT2D eigenvalue weighted by Gasteiger charge is -2.37. The Morgan fingerprint density at radius 3 is 2.51 bits per heavy atom. The average Bonchev–Trinajstić information content (AvgIpc) is 3.84. The molecule has 0 saturated carbocycles. The number of rotatable bonds is 9. The van der Waals surface area contributed by atoms with Crippen molar-refractivity contribution in [2.24, 2.45) is 11.3 Å². The summed E-state index contributed by atoms with van der Waals surface area (Å²) >= 11 is 0. The molecule has 15 nitrogen and oxygen atoms in total. The van der Waals surface area contributed by atoms with Crippen molar-refractivity contribution in [3.8, 4) is 22.4 Å². The summed E-state index contributed by atoms with van der Waals surface area (Å²) in [4.78, 5) is 76.5. The van der Waals surface area contributed by atoms with E-state index in [9.17, 15) is 29.1 Å². The van der Waals surface area contributed by atoms with Gasteiger partial charge in [-0.3, -0.25) is 34.0 Å². The molecule has 2 fully saturated rings. The number of fused-ring (bicyclic) bond motifs is 6. The predicted octanol–water partition coefficient (Wildman–Crippen LogP) is 5.21. The first kappa shape index (κ1) is 47.3. The van der Waals surface area contributed by atoms with Gasteiger partial charge in [0.1, 0.15) is 18.1 Å². The fourth-order valence-electron chi connectivity index (χ4n) is 9.86. The first-order chi connectivity index (χ1) is 30.9. The molecule has 2 aromatic carbocycles. The molecule has 15 heteroatoms. The number of pyridine rings is 1. The Labute approximate surface area is 381 Å². The van der Waals surface area contributed by atoms with Crippen LogP contribution in [0.3, 0.4) is 0 Å². The maximum absolute atomic E-state index is 14.7. The zero-order valence-electron chi connectivity index (χ0n) is 39.3. The summed E-state index contributed by atoms with van der Waals surface area (Å²) in [5.41, 5.74) is 8.44. The van der Waals surface area contributed by atoms with Gasteiger partial charge in [0.2, 0.25) is 11.8 Å². The number of ether oxygens (including phenoxy) is 2. The number of amides is 4. The molecule has 65 heavy (non-hydrogen) atoms. The Balaban J connectivity index is 1.30. The van der Waals surface area contributed by atoms with Crippen LogP contribution in [0.25, 0.3) is 33.3 Å². The molecule has 4 amide bonds. The van der Waals surface area contributed by atoms with Gasteiger partial charge < -0.3 is 34.3 Å². The van der Waals surface area contributed by atoms with Crippen LogP contribution in [0.15, 0.2) is 60.8 Å².